The molecular weight excluding hydrogens is 486 g/mol. The zero-order valence-corrected chi connectivity index (χ0v) is 25.4. The minimum absolute atomic E-state index is 0. The summed E-state index contributed by atoms with van der Waals surface area (Å²) >= 11 is 0. The average molecular weight is 538 g/mol. The highest BCUT2D eigenvalue weighted by molar-refractivity contribution is 5.84. The van der Waals surface area contributed by atoms with Crippen LogP contribution in [-0.4, -0.2) is 63.7 Å². The van der Waals surface area contributed by atoms with Crippen LogP contribution in [0.15, 0.2) is 54.2 Å². The molecule has 0 aromatic carbocycles. The van der Waals surface area contributed by atoms with Crippen molar-refractivity contribution < 1.29 is 1.43 Å². The van der Waals surface area contributed by atoms with Crippen LogP contribution in [0.1, 0.15) is 55.2 Å². The van der Waals surface area contributed by atoms with E-state index in [1.807, 2.05) is 31.7 Å². The monoisotopic (exact) mass is 537 g/mol. The van der Waals surface area contributed by atoms with Gasteiger partial charge in [0.15, 0.2) is 11.5 Å². The number of nitrogens with one attached hydrogen (secondary N) is 4. The van der Waals surface area contributed by atoms with Crippen molar-refractivity contribution in [3.05, 3.63) is 60.0 Å². The highest BCUT2D eigenvalue weighted by Crippen LogP contribution is 2.48. The summed E-state index contributed by atoms with van der Waals surface area (Å²) in [4.78, 5) is 15.6. The molecule has 3 heterocycles. The Morgan fingerprint density at radius 3 is 2.72 bits per heavy atom. The standard InChI is InChI=1S/C19H27N5.C11H22N4.H2/c1-12(9-10-13(2)19(5,6)7)14(3)21-18-16-17(20-11-24(16)8)22-15(4)23-18;1-3-12-6-7-15(2)9-11-4-5-13-14-10(11)8-11;/h9-11H,2H2,1,3-8H3,(H,21,22,23);4-5,10,12-14H,3,6-9H2,1-2H3;1H/b10-9-,14-12+;;. The van der Waals surface area contributed by atoms with Crippen LogP contribution in [0.3, 0.4) is 0 Å². The van der Waals surface area contributed by atoms with Gasteiger partial charge in [-0.05, 0) is 57.3 Å². The van der Waals surface area contributed by atoms with Gasteiger partial charge in [-0.1, -0.05) is 52.5 Å². The molecule has 2 aliphatic rings. The molecule has 2 aromatic rings. The van der Waals surface area contributed by atoms with Gasteiger partial charge in [0, 0.05) is 51.5 Å². The van der Waals surface area contributed by atoms with Crippen LogP contribution in [0.5, 0.6) is 0 Å². The van der Waals surface area contributed by atoms with Gasteiger partial charge in [-0.3, -0.25) is 0 Å². The summed E-state index contributed by atoms with van der Waals surface area (Å²) in [5.74, 6) is 1.48. The molecule has 0 bridgehead atoms. The predicted octanol–water partition coefficient (Wildman–Crippen LogP) is 4.69. The summed E-state index contributed by atoms with van der Waals surface area (Å²) in [6, 6.07) is 0.643. The lowest BCUT2D eigenvalue weighted by Crippen LogP contribution is -2.41. The first-order valence-corrected chi connectivity index (χ1v) is 13.9. The summed E-state index contributed by atoms with van der Waals surface area (Å²) in [5.41, 5.74) is 11.7. The molecule has 4 rings (SSSR count). The average Bonchev–Trinajstić information content (AvgIpc) is 3.47. The maximum Gasteiger partial charge on any atom is 0.183 e. The normalized spacial score (nSPS) is 20.8. The fourth-order valence-electron chi connectivity index (χ4n) is 4.44. The number of hydrogen-bond acceptors (Lipinski definition) is 8. The maximum atomic E-state index is 4.53. The summed E-state index contributed by atoms with van der Waals surface area (Å²) < 4.78 is 1.93. The van der Waals surface area contributed by atoms with Crippen LogP contribution >= 0.6 is 0 Å². The van der Waals surface area contributed by atoms with Gasteiger partial charge in [0.05, 0.1) is 6.33 Å². The van der Waals surface area contributed by atoms with Crippen molar-refractivity contribution in [3.8, 4) is 0 Å². The molecule has 1 saturated carbocycles. The summed E-state index contributed by atoms with van der Waals surface area (Å²) in [6.45, 7) is 23.2. The Bertz CT molecular complexity index is 1240. The van der Waals surface area contributed by atoms with Gasteiger partial charge < -0.3 is 25.5 Å². The molecule has 216 valence electrons. The van der Waals surface area contributed by atoms with Crippen LogP contribution in [-0.2, 0) is 7.05 Å². The Morgan fingerprint density at radius 2 is 2.05 bits per heavy atom. The number of allylic oxidation sites excluding steroid dienone is 5. The lowest BCUT2D eigenvalue weighted by molar-refractivity contribution is 0.276. The molecule has 1 aliphatic heterocycles. The summed E-state index contributed by atoms with van der Waals surface area (Å²) in [6.07, 6.45) is 11.5. The second kappa shape index (κ2) is 12.9. The van der Waals surface area contributed by atoms with E-state index in [1.54, 1.807) is 6.33 Å². The molecule has 2 unspecified atom stereocenters. The van der Waals surface area contributed by atoms with Gasteiger partial charge >= 0.3 is 0 Å². The Labute approximate surface area is 236 Å². The van der Waals surface area contributed by atoms with E-state index in [2.05, 4.69) is 108 Å². The van der Waals surface area contributed by atoms with Crippen molar-refractivity contribution in [2.24, 2.45) is 17.9 Å². The smallest absolute Gasteiger partial charge is 0.183 e. The molecular formula is C30H51N9. The van der Waals surface area contributed by atoms with Crippen LogP contribution in [0.4, 0.5) is 5.82 Å². The van der Waals surface area contributed by atoms with Crippen LogP contribution < -0.4 is 21.5 Å². The van der Waals surface area contributed by atoms with Crippen molar-refractivity contribution in [3.63, 3.8) is 0 Å². The van der Waals surface area contributed by atoms with Crippen molar-refractivity contribution >= 4 is 17.0 Å². The SMILES string of the molecule is C=C(/C=C\C(C)=C(/C)Nc1nc(C)nc2ncn(C)c12)C(C)(C)C.CCNCCN(C)CC12C=CNNC1C2.[HH]. The first kappa shape index (κ1) is 30.5. The van der Waals surface area contributed by atoms with Crippen LogP contribution in [0.2, 0.25) is 0 Å². The van der Waals surface area contributed by atoms with Gasteiger partial charge in [-0.2, -0.15) is 0 Å². The second-order valence-corrected chi connectivity index (χ2v) is 11.9. The zero-order valence-electron chi connectivity index (χ0n) is 25.4. The molecule has 2 aromatic heterocycles. The molecule has 0 radical (unpaired) electrons. The quantitative estimate of drug-likeness (QED) is 0.256. The Hall–Kier alpha value is -3.01. The number of anilines is 1. The number of fused-ring (bicyclic) bond motifs is 2. The van der Waals surface area contributed by atoms with Gasteiger partial charge in [0.2, 0.25) is 0 Å². The van der Waals surface area contributed by atoms with Crippen molar-refractivity contribution in [1.82, 2.24) is 40.6 Å². The topological polar surface area (TPSA) is 95.0 Å². The third-order valence-electron chi connectivity index (χ3n) is 7.44. The fourth-order valence-corrected chi connectivity index (χ4v) is 4.44. The van der Waals surface area contributed by atoms with Crippen LogP contribution in [0.25, 0.3) is 11.2 Å². The largest absolute Gasteiger partial charge is 0.342 e. The number of hydrazine groups is 1. The molecule has 1 aliphatic carbocycles. The lowest BCUT2D eigenvalue weighted by Gasteiger charge is -2.25. The number of nitrogens with zero attached hydrogens (tertiary/aromatic N) is 5. The fraction of sp³-hybridized carbons (Fsp3) is 0.567. The van der Waals surface area contributed by atoms with Gasteiger partial charge in [-0.25, -0.2) is 20.4 Å². The summed E-state index contributed by atoms with van der Waals surface area (Å²) in [7, 11) is 4.15. The van der Waals surface area contributed by atoms with E-state index in [0.29, 0.717) is 22.9 Å². The number of rotatable bonds is 10. The first-order valence-electron chi connectivity index (χ1n) is 13.9. The maximum absolute atomic E-state index is 4.53. The Morgan fingerprint density at radius 1 is 1.31 bits per heavy atom. The number of aryl methyl sites for hydroxylation is 2. The van der Waals surface area contributed by atoms with E-state index in [-0.39, 0.29) is 6.84 Å². The van der Waals surface area contributed by atoms with Crippen molar-refractivity contribution in [1.29, 1.82) is 0 Å². The van der Waals surface area contributed by atoms with E-state index in [9.17, 15) is 0 Å². The Balaban J connectivity index is 0.000000301. The second-order valence-electron chi connectivity index (χ2n) is 11.9. The van der Waals surface area contributed by atoms with E-state index in [4.69, 9.17) is 0 Å². The molecule has 4 N–H and O–H groups in total. The molecule has 9 heteroatoms. The number of imidazole rings is 1. The van der Waals surface area contributed by atoms with E-state index in [0.717, 1.165) is 54.4 Å². The van der Waals surface area contributed by atoms with Crippen molar-refractivity contribution in [2.45, 2.75) is 60.9 Å². The number of hydrogen-bond donors (Lipinski definition) is 4. The molecule has 0 spiro atoms. The third kappa shape index (κ3) is 8.24. The predicted molar refractivity (Wildman–Crippen MR) is 165 cm³/mol. The van der Waals surface area contributed by atoms with E-state index < -0.39 is 0 Å². The molecule has 39 heavy (non-hydrogen) atoms. The van der Waals surface area contributed by atoms with Gasteiger partial charge in [0.25, 0.3) is 0 Å². The molecule has 0 saturated heterocycles. The van der Waals surface area contributed by atoms with Gasteiger partial charge in [-0.15, -0.1) is 0 Å². The summed E-state index contributed by atoms with van der Waals surface area (Å²) in [5, 5.41) is 6.76. The third-order valence-corrected chi connectivity index (χ3v) is 7.44. The molecule has 0 amide bonds. The van der Waals surface area contributed by atoms with E-state index >= 15 is 0 Å². The highest BCUT2D eigenvalue weighted by Gasteiger charge is 2.53. The minimum Gasteiger partial charge on any atom is -0.342 e. The number of aromatic nitrogens is 4. The highest BCUT2D eigenvalue weighted by atomic mass is 15.4. The Kier molecular flexibility index (Phi) is 10.1. The number of likely N-dealkylation sites (N-methyl/N-ethyl adjacent to an activating group) is 2. The molecule has 9 nitrogen and oxygen atoms in total. The van der Waals surface area contributed by atoms with Crippen molar-refractivity contribution in [2.75, 3.05) is 38.5 Å². The first-order chi connectivity index (χ1) is 18.4. The zero-order chi connectivity index (χ0) is 28.8. The van der Waals surface area contributed by atoms with Crippen LogP contribution in [0, 0.1) is 17.8 Å². The van der Waals surface area contributed by atoms with E-state index in [1.165, 1.54) is 6.42 Å². The molecule has 2 atom stereocenters. The molecule has 1 fully saturated rings. The lowest BCUT2D eigenvalue weighted by atomic mass is 9.87. The van der Waals surface area contributed by atoms with Gasteiger partial charge in [0.1, 0.15) is 11.3 Å². The minimum atomic E-state index is 0.